The van der Waals surface area contributed by atoms with Crippen LogP contribution in [0.2, 0.25) is 0 Å². The van der Waals surface area contributed by atoms with Crippen LogP contribution in [0.15, 0.2) is 171 Å². The van der Waals surface area contributed by atoms with E-state index < -0.39 is 0 Å². The SMILES string of the molecule is C=C.CC1(C)C=CC=CC1.CN(Cc1ccc(-n2c3ccc4ccccc4c3c3c4c5cc(C(C)(C)C)ccc5sc4c4ccccc4c32)cc1)c1ccccc1. The third-order valence-electron chi connectivity index (χ3n) is 11.3. The molecule has 0 radical (unpaired) electrons. The first kappa shape index (κ1) is 38.0. The highest BCUT2D eigenvalue weighted by molar-refractivity contribution is 7.27. The Labute approximate surface area is 341 Å². The molecule has 0 bridgehead atoms. The highest BCUT2D eigenvalue weighted by Gasteiger charge is 2.24. The van der Waals surface area contributed by atoms with Crippen LogP contribution >= 0.6 is 11.3 Å². The van der Waals surface area contributed by atoms with Crippen molar-refractivity contribution in [3.63, 3.8) is 0 Å². The normalized spacial score (nSPS) is 13.6. The summed E-state index contributed by atoms with van der Waals surface area (Å²) < 4.78 is 5.25. The zero-order valence-corrected chi connectivity index (χ0v) is 35.0. The smallest absolute Gasteiger partial charge is 0.0626 e. The van der Waals surface area contributed by atoms with E-state index in [0.29, 0.717) is 5.41 Å². The van der Waals surface area contributed by atoms with Crippen molar-refractivity contribution in [3.8, 4) is 5.69 Å². The summed E-state index contributed by atoms with van der Waals surface area (Å²) in [5.41, 5.74) is 8.08. The van der Waals surface area contributed by atoms with Crippen molar-refractivity contribution in [2.75, 3.05) is 11.9 Å². The van der Waals surface area contributed by atoms with Crippen LogP contribution in [0.4, 0.5) is 5.69 Å². The Balaban J connectivity index is 0.000000404. The Morgan fingerprint density at radius 3 is 2.04 bits per heavy atom. The Morgan fingerprint density at radius 1 is 0.684 bits per heavy atom. The van der Waals surface area contributed by atoms with Crippen molar-refractivity contribution >= 4 is 80.5 Å². The van der Waals surface area contributed by atoms with Gasteiger partial charge in [0.1, 0.15) is 0 Å². The molecule has 0 atom stereocenters. The van der Waals surface area contributed by atoms with Crippen molar-refractivity contribution in [2.24, 2.45) is 5.41 Å². The number of allylic oxidation sites excluding steroid dienone is 4. The molecule has 2 nitrogen and oxygen atoms in total. The van der Waals surface area contributed by atoms with E-state index in [1.807, 2.05) is 11.3 Å². The molecule has 284 valence electrons. The molecule has 1 aliphatic rings. The summed E-state index contributed by atoms with van der Waals surface area (Å²) in [5, 5.41) is 10.6. The lowest BCUT2D eigenvalue weighted by Crippen LogP contribution is -2.16. The standard InChI is InChI=1S/C44H36N2S.C8H12.C2H4/c1-44(2,3)30-21-25-38-36(26-30)40-41-39-33-15-9-8-12-29(33)20-24-37(39)46(42(41)34-16-10-11-17-35(34)43(40)47-38)32-22-18-28(19-23-32)27-45(4)31-13-6-5-7-14-31;1-8(2)6-4-3-5-7-8;1-2/h5-26H,27H2,1-4H3;3-6H,7H2,1-2H3;1-2H2. The van der Waals surface area contributed by atoms with Crippen LogP contribution in [-0.4, -0.2) is 11.6 Å². The average molecular weight is 761 g/mol. The minimum atomic E-state index is 0.0649. The highest BCUT2D eigenvalue weighted by atomic mass is 32.1. The molecular weight excluding hydrogens is 709 g/mol. The maximum atomic E-state index is 3.00. The lowest BCUT2D eigenvalue weighted by Gasteiger charge is -2.19. The first-order valence-electron chi connectivity index (χ1n) is 20.0. The average Bonchev–Trinajstić information content (AvgIpc) is 3.79. The van der Waals surface area contributed by atoms with Crippen LogP contribution in [-0.2, 0) is 12.0 Å². The quantitative estimate of drug-likeness (QED) is 0.162. The Bertz CT molecular complexity index is 2950. The van der Waals surface area contributed by atoms with Gasteiger partial charge in [-0.3, -0.25) is 0 Å². The van der Waals surface area contributed by atoms with Crippen molar-refractivity contribution in [1.82, 2.24) is 4.57 Å². The number of nitrogens with zero attached hydrogens (tertiary/aromatic N) is 2. The molecule has 0 saturated carbocycles. The van der Waals surface area contributed by atoms with Gasteiger partial charge in [0, 0.05) is 66.7 Å². The van der Waals surface area contributed by atoms with Gasteiger partial charge in [-0.15, -0.1) is 24.5 Å². The number of anilines is 1. The predicted molar refractivity (Wildman–Crippen MR) is 254 cm³/mol. The summed E-state index contributed by atoms with van der Waals surface area (Å²) in [6.07, 6.45) is 9.85. The minimum absolute atomic E-state index is 0.0649. The van der Waals surface area contributed by atoms with Gasteiger partial charge in [-0.2, -0.15) is 0 Å². The maximum absolute atomic E-state index is 3.00. The zero-order valence-electron chi connectivity index (χ0n) is 34.1. The highest BCUT2D eigenvalue weighted by Crippen LogP contribution is 2.50. The molecule has 0 aliphatic heterocycles. The van der Waals surface area contributed by atoms with Crippen LogP contribution in [0.3, 0.4) is 0 Å². The number of benzene rings is 7. The predicted octanol–water partition coefficient (Wildman–Crippen LogP) is 15.7. The second kappa shape index (κ2) is 15.2. The van der Waals surface area contributed by atoms with Crippen LogP contribution < -0.4 is 4.90 Å². The van der Waals surface area contributed by atoms with E-state index in [1.165, 1.54) is 92.4 Å². The number of aromatic nitrogens is 1. The van der Waals surface area contributed by atoms with Crippen molar-refractivity contribution in [3.05, 3.63) is 182 Å². The fraction of sp³-hybridized carbons (Fsp3) is 0.185. The summed E-state index contributed by atoms with van der Waals surface area (Å²) in [7, 11) is 2.16. The van der Waals surface area contributed by atoms with Crippen molar-refractivity contribution < 1.29 is 0 Å². The molecule has 7 aromatic carbocycles. The van der Waals surface area contributed by atoms with Crippen molar-refractivity contribution in [2.45, 2.75) is 53.0 Å². The largest absolute Gasteiger partial charge is 0.370 e. The summed E-state index contributed by atoms with van der Waals surface area (Å²) in [5.74, 6) is 0. The van der Waals surface area contributed by atoms with E-state index in [4.69, 9.17) is 0 Å². The van der Waals surface area contributed by atoms with Crippen molar-refractivity contribution in [1.29, 1.82) is 0 Å². The zero-order chi connectivity index (χ0) is 39.9. The number of thiophene rings is 1. The van der Waals surface area contributed by atoms with Gasteiger partial charge in [0.25, 0.3) is 0 Å². The first-order chi connectivity index (χ1) is 27.6. The summed E-state index contributed by atoms with van der Waals surface area (Å²) in [6, 6.07) is 49.5. The fourth-order valence-corrected chi connectivity index (χ4v) is 9.58. The van der Waals surface area contributed by atoms with E-state index in [0.717, 1.165) is 6.54 Å². The number of fused-ring (bicyclic) bond motifs is 12. The fourth-order valence-electron chi connectivity index (χ4n) is 8.35. The van der Waals surface area contributed by atoms with Crippen LogP contribution in [0.25, 0.3) is 69.2 Å². The Kier molecular flexibility index (Phi) is 10.1. The monoisotopic (exact) mass is 760 g/mol. The number of hydrogen-bond acceptors (Lipinski definition) is 2. The molecule has 1 aliphatic carbocycles. The summed E-state index contributed by atoms with van der Waals surface area (Å²) in [6.45, 7) is 18.3. The second-order valence-electron chi connectivity index (χ2n) is 16.9. The molecule has 10 rings (SSSR count). The number of rotatable bonds is 4. The Hall–Kier alpha value is -5.90. The van der Waals surface area contributed by atoms with Gasteiger partial charge in [-0.1, -0.05) is 150 Å². The summed E-state index contributed by atoms with van der Waals surface area (Å²) >= 11 is 1.94. The van der Waals surface area contributed by atoms with Gasteiger partial charge in [-0.05, 0) is 81.6 Å². The van der Waals surface area contributed by atoms with E-state index >= 15 is 0 Å². The van der Waals surface area contributed by atoms with Gasteiger partial charge in [0.05, 0.1) is 11.0 Å². The molecule has 2 heterocycles. The van der Waals surface area contributed by atoms with Gasteiger partial charge in [-0.25, -0.2) is 0 Å². The molecule has 0 spiro atoms. The number of para-hydroxylation sites is 1. The molecule has 2 aromatic heterocycles. The molecular formula is C54H52N2S. The van der Waals surface area contributed by atoms with Crippen LogP contribution in [0.1, 0.15) is 52.2 Å². The summed E-state index contributed by atoms with van der Waals surface area (Å²) in [4.78, 5) is 2.30. The topological polar surface area (TPSA) is 8.17 Å². The lowest BCUT2D eigenvalue weighted by atomic mass is 9.86. The third kappa shape index (κ3) is 7.06. The molecule has 0 unspecified atom stereocenters. The van der Waals surface area contributed by atoms with E-state index in [9.17, 15) is 0 Å². The molecule has 9 aromatic rings. The molecule has 0 fully saturated rings. The van der Waals surface area contributed by atoms with E-state index in [2.05, 4.69) is 222 Å². The van der Waals surface area contributed by atoms with E-state index in [1.54, 1.807) is 0 Å². The molecule has 57 heavy (non-hydrogen) atoms. The van der Waals surface area contributed by atoms with Gasteiger partial charge >= 0.3 is 0 Å². The molecule has 0 amide bonds. The van der Waals surface area contributed by atoms with Crippen LogP contribution in [0.5, 0.6) is 0 Å². The first-order valence-corrected chi connectivity index (χ1v) is 20.8. The molecule has 0 saturated heterocycles. The van der Waals surface area contributed by atoms with Gasteiger partial charge in [0.2, 0.25) is 0 Å². The lowest BCUT2D eigenvalue weighted by molar-refractivity contribution is 0.484. The minimum Gasteiger partial charge on any atom is -0.370 e. The van der Waals surface area contributed by atoms with E-state index in [-0.39, 0.29) is 5.41 Å². The molecule has 0 N–H and O–H groups in total. The van der Waals surface area contributed by atoms with Gasteiger partial charge in [0.15, 0.2) is 0 Å². The maximum Gasteiger partial charge on any atom is 0.0626 e. The second-order valence-corrected chi connectivity index (χ2v) is 17.9. The third-order valence-corrected chi connectivity index (χ3v) is 12.5. The number of hydrogen-bond donors (Lipinski definition) is 0. The van der Waals surface area contributed by atoms with Crippen LogP contribution in [0, 0.1) is 5.41 Å². The van der Waals surface area contributed by atoms with Gasteiger partial charge < -0.3 is 9.47 Å². The molecule has 3 heteroatoms. The Morgan fingerprint density at radius 2 is 1.37 bits per heavy atom.